The highest BCUT2D eigenvalue weighted by Crippen LogP contribution is 2.30. The molecule has 0 spiro atoms. The maximum absolute atomic E-state index is 15.2. The zero-order chi connectivity index (χ0) is 20.1. The Morgan fingerprint density at radius 3 is 2.36 bits per heavy atom. The van der Waals surface area contributed by atoms with Crippen LogP contribution in [-0.4, -0.2) is 22.8 Å². The van der Waals surface area contributed by atoms with E-state index in [0.29, 0.717) is 12.0 Å². The van der Waals surface area contributed by atoms with Gasteiger partial charge in [-0.15, -0.1) is 12.4 Å². The summed E-state index contributed by atoms with van der Waals surface area (Å²) in [5, 5.41) is 12.5. The van der Waals surface area contributed by atoms with Gasteiger partial charge < -0.3 is 16.2 Å². The first kappa shape index (κ1) is 23.9. The molecule has 0 radical (unpaired) electrons. The molecule has 4 N–H and O–H groups in total. The fourth-order valence-corrected chi connectivity index (χ4v) is 3.17. The summed E-state index contributed by atoms with van der Waals surface area (Å²) in [6, 6.07) is 7.87. The Hall–Kier alpha value is -2.15. The summed E-state index contributed by atoms with van der Waals surface area (Å²) in [6.07, 6.45) is 0.652. The summed E-state index contributed by atoms with van der Waals surface area (Å²) in [5.74, 6) is -1.72. The van der Waals surface area contributed by atoms with Crippen molar-refractivity contribution in [2.45, 2.75) is 38.8 Å². The van der Waals surface area contributed by atoms with Crippen LogP contribution in [0, 0.1) is 5.82 Å². The minimum Gasteiger partial charge on any atom is -0.508 e. The summed E-state index contributed by atoms with van der Waals surface area (Å²) in [4.78, 5) is 23.8. The largest absolute Gasteiger partial charge is 0.508 e. The minimum atomic E-state index is -0.703. The number of aromatic hydroxyl groups is 1. The van der Waals surface area contributed by atoms with Crippen LogP contribution in [0.4, 0.5) is 4.39 Å². The minimum absolute atomic E-state index is 0. The van der Waals surface area contributed by atoms with Gasteiger partial charge in [-0.05, 0) is 43.7 Å². The van der Waals surface area contributed by atoms with Gasteiger partial charge in [0.25, 0.3) is 0 Å². The predicted molar refractivity (Wildman–Crippen MR) is 110 cm³/mol. The van der Waals surface area contributed by atoms with Crippen LogP contribution in [0.15, 0.2) is 36.4 Å². The molecule has 152 valence electrons. The molecule has 5 nitrogen and oxygen atoms in total. The van der Waals surface area contributed by atoms with E-state index in [0.717, 1.165) is 0 Å². The van der Waals surface area contributed by atoms with E-state index in [-0.39, 0.29) is 46.8 Å². The van der Waals surface area contributed by atoms with Crippen LogP contribution >= 0.6 is 24.0 Å². The standard InChI is InChI=1S/C20H22ClFN2O3.ClH/c1-3-16(24-11(2)10-17(23)26)14-8-9-15(21)18(19(14)22)20(27)12-4-6-13(25)7-5-12;/h4-9,11,16,24-25H,3,10H2,1-2H3,(H2,23,26);1H/t11-,16-;/m1./s1. The number of carbonyl (C=O) groups is 2. The smallest absolute Gasteiger partial charge is 0.218 e. The third-order valence-electron chi connectivity index (χ3n) is 4.25. The quantitative estimate of drug-likeness (QED) is 0.550. The van der Waals surface area contributed by atoms with E-state index in [2.05, 4.69) is 5.32 Å². The molecule has 0 aliphatic heterocycles. The maximum Gasteiger partial charge on any atom is 0.218 e. The number of nitrogens with one attached hydrogen (secondary N) is 1. The van der Waals surface area contributed by atoms with Crippen LogP contribution in [0.1, 0.15) is 54.2 Å². The van der Waals surface area contributed by atoms with Crippen LogP contribution in [0.5, 0.6) is 5.75 Å². The van der Waals surface area contributed by atoms with Gasteiger partial charge in [0.2, 0.25) is 5.91 Å². The van der Waals surface area contributed by atoms with Gasteiger partial charge in [-0.3, -0.25) is 9.59 Å². The molecular formula is C20H23Cl2FN2O3. The summed E-state index contributed by atoms with van der Waals surface area (Å²) in [6.45, 7) is 3.65. The number of nitrogens with two attached hydrogens (primary N) is 1. The van der Waals surface area contributed by atoms with E-state index < -0.39 is 23.5 Å². The lowest BCUT2D eigenvalue weighted by Crippen LogP contribution is -2.34. The molecule has 2 aromatic rings. The van der Waals surface area contributed by atoms with Crippen molar-refractivity contribution in [2.24, 2.45) is 5.73 Å². The Balaban J connectivity index is 0.00000392. The van der Waals surface area contributed by atoms with Gasteiger partial charge in [0, 0.05) is 29.6 Å². The highest BCUT2D eigenvalue weighted by Gasteiger charge is 2.25. The van der Waals surface area contributed by atoms with Gasteiger partial charge in [-0.25, -0.2) is 4.39 Å². The van der Waals surface area contributed by atoms with Crippen molar-refractivity contribution in [3.63, 3.8) is 0 Å². The third-order valence-corrected chi connectivity index (χ3v) is 4.57. The van der Waals surface area contributed by atoms with Crippen LogP contribution < -0.4 is 11.1 Å². The third kappa shape index (κ3) is 5.67. The molecule has 0 aromatic heterocycles. The second kappa shape index (κ2) is 10.4. The molecule has 0 heterocycles. The number of halogens is 3. The van der Waals surface area contributed by atoms with Crippen molar-refractivity contribution >= 4 is 35.7 Å². The first-order chi connectivity index (χ1) is 12.7. The number of primary amides is 1. The monoisotopic (exact) mass is 428 g/mol. The van der Waals surface area contributed by atoms with Crippen LogP contribution in [-0.2, 0) is 4.79 Å². The average Bonchev–Trinajstić information content (AvgIpc) is 2.60. The zero-order valence-corrected chi connectivity index (χ0v) is 17.1. The molecule has 2 rings (SSSR count). The summed E-state index contributed by atoms with van der Waals surface area (Å²) < 4.78 is 15.2. The summed E-state index contributed by atoms with van der Waals surface area (Å²) in [5.41, 5.74) is 5.49. The van der Waals surface area contributed by atoms with Crippen molar-refractivity contribution in [3.8, 4) is 5.75 Å². The summed E-state index contributed by atoms with van der Waals surface area (Å²) >= 11 is 6.11. The number of carbonyl (C=O) groups excluding carboxylic acids is 2. The molecule has 2 atom stereocenters. The first-order valence-electron chi connectivity index (χ1n) is 8.60. The molecular weight excluding hydrogens is 406 g/mol. The highest BCUT2D eigenvalue weighted by molar-refractivity contribution is 6.35. The Morgan fingerprint density at radius 1 is 1.21 bits per heavy atom. The van der Waals surface area contributed by atoms with Gasteiger partial charge in [0.1, 0.15) is 11.6 Å². The van der Waals surface area contributed by atoms with E-state index in [1.54, 1.807) is 6.92 Å². The lowest BCUT2D eigenvalue weighted by molar-refractivity contribution is -0.118. The first-order valence-corrected chi connectivity index (χ1v) is 8.98. The van der Waals surface area contributed by atoms with Crippen LogP contribution in [0.2, 0.25) is 5.02 Å². The number of rotatable bonds is 8. The predicted octanol–water partition coefficient (Wildman–Crippen LogP) is 4.14. The van der Waals surface area contributed by atoms with E-state index >= 15 is 4.39 Å². The zero-order valence-electron chi connectivity index (χ0n) is 15.5. The molecule has 0 aliphatic rings. The second-order valence-electron chi connectivity index (χ2n) is 6.40. The molecule has 1 amide bonds. The number of phenols is 1. The molecule has 0 saturated carbocycles. The number of phenolic OH excluding ortho intramolecular Hbond substituents is 1. The number of hydrogen-bond donors (Lipinski definition) is 3. The van der Waals surface area contributed by atoms with Gasteiger partial charge in [-0.1, -0.05) is 24.6 Å². The maximum atomic E-state index is 15.2. The SMILES string of the molecule is CC[C@@H](N[C@H](C)CC(N)=O)c1ccc(Cl)c(C(=O)c2ccc(O)cc2)c1F.Cl. The van der Waals surface area contributed by atoms with Crippen LogP contribution in [0.3, 0.4) is 0 Å². The molecule has 8 heteroatoms. The van der Waals surface area contributed by atoms with Crippen molar-refractivity contribution in [2.75, 3.05) is 0 Å². The molecule has 0 unspecified atom stereocenters. The molecule has 28 heavy (non-hydrogen) atoms. The van der Waals surface area contributed by atoms with E-state index in [1.807, 2.05) is 6.92 Å². The number of amides is 1. The normalized spacial score (nSPS) is 12.7. The average molecular weight is 429 g/mol. The number of ketones is 1. The van der Waals surface area contributed by atoms with Gasteiger partial charge in [0.05, 0.1) is 10.6 Å². The molecule has 0 fully saturated rings. The Kier molecular flexibility index (Phi) is 8.88. The summed E-state index contributed by atoms with van der Waals surface area (Å²) in [7, 11) is 0. The number of hydrogen-bond acceptors (Lipinski definition) is 4. The van der Waals surface area contributed by atoms with E-state index in [1.165, 1.54) is 36.4 Å². The fourth-order valence-electron chi connectivity index (χ4n) is 2.93. The highest BCUT2D eigenvalue weighted by atomic mass is 35.5. The topological polar surface area (TPSA) is 92.4 Å². The molecule has 0 bridgehead atoms. The van der Waals surface area contributed by atoms with Crippen molar-refractivity contribution in [1.29, 1.82) is 0 Å². The van der Waals surface area contributed by atoms with Gasteiger partial charge >= 0.3 is 0 Å². The lowest BCUT2D eigenvalue weighted by Gasteiger charge is -2.23. The van der Waals surface area contributed by atoms with Gasteiger partial charge in [0.15, 0.2) is 5.78 Å². The Bertz CT molecular complexity index is 844. The van der Waals surface area contributed by atoms with Crippen molar-refractivity contribution < 1.29 is 19.1 Å². The number of benzene rings is 2. The van der Waals surface area contributed by atoms with Gasteiger partial charge in [-0.2, -0.15) is 0 Å². The molecule has 0 saturated heterocycles. The molecule has 0 aliphatic carbocycles. The molecule has 2 aromatic carbocycles. The Labute approximate surface area is 174 Å². The lowest BCUT2D eigenvalue weighted by atomic mass is 9.95. The van der Waals surface area contributed by atoms with Crippen molar-refractivity contribution in [1.82, 2.24) is 5.32 Å². The van der Waals surface area contributed by atoms with E-state index in [4.69, 9.17) is 17.3 Å². The van der Waals surface area contributed by atoms with Crippen LogP contribution in [0.25, 0.3) is 0 Å². The second-order valence-corrected chi connectivity index (χ2v) is 6.81. The van der Waals surface area contributed by atoms with Crippen molar-refractivity contribution in [3.05, 3.63) is 63.9 Å². The fraction of sp³-hybridized carbons (Fsp3) is 0.300. The van der Waals surface area contributed by atoms with E-state index in [9.17, 15) is 14.7 Å². The Morgan fingerprint density at radius 2 is 1.82 bits per heavy atom.